The highest BCUT2D eigenvalue weighted by Crippen LogP contribution is 2.42. The average molecular weight is 355 g/mol. The highest BCUT2D eigenvalue weighted by molar-refractivity contribution is 8.02. The van der Waals surface area contributed by atoms with Crippen LogP contribution in [0.4, 0.5) is 11.4 Å². The van der Waals surface area contributed by atoms with Gasteiger partial charge in [-0.25, -0.2) is 0 Å². The van der Waals surface area contributed by atoms with Crippen molar-refractivity contribution in [2.24, 2.45) is 5.73 Å². The van der Waals surface area contributed by atoms with Crippen LogP contribution in [0.15, 0.2) is 47.4 Å². The lowest BCUT2D eigenvalue weighted by molar-refractivity contribution is -0.126. The standard InChI is InChI=1S/C18H17N3O3S/c1-10-7-8-11(15(19)22)9-13(10)21-17(24)18(2)16(23)20-12-5-3-4-6-14(12)25-18/h3-9H,1-2H3,(H2,19,22)(H,20,23)(H,21,24). The van der Waals surface area contributed by atoms with Crippen molar-refractivity contribution in [3.63, 3.8) is 0 Å². The molecular weight excluding hydrogens is 338 g/mol. The summed E-state index contributed by atoms with van der Waals surface area (Å²) in [7, 11) is 0. The molecule has 0 radical (unpaired) electrons. The smallest absolute Gasteiger partial charge is 0.250 e. The lowest BCUT2D eigenvalue weighted by Gasteiger charge is -2.32. The van der Waals surface area contributed by atoms with Crippen molar-refractivity contribution >= 4 is 40.9 Å². The topological polar surface area (TPSA) is 101 Å². The molecule has 1 heterocycles. The van der Waals surface area contributed by atoms with Gasteiger partial charge < -0.3 is 16.4 Å². The Hall–Kier alpha value is -2.80. The fraction of sp³-hybridized carbons (Fsp3) is 0.167. The lowest BCUT2D eigenvalue weighted by atomic mass is 10.1. The van der Waals surface area contributed by atoms with Crippen molar-refractivity contribution in [1.29, 1.82) is 0 Å². The molecule has 0 saturated heterocycles. The zero-order valence-corrected chi connectivity index (χ0v) is 14.6. The number of aryl methyl sites for hydroxylation is 1. The van der Waals surface area contributed by atoms with E-state index in [0.717, 1.165) is 10.5 Å². The maximum absolute atomic E-state index is 12.8. The van der Waals surface area contributed by atoms with Crippen LogP contribution >= 0.6 is 11.8 Å². The van der Waals surface area contributed by atoms with Crippen LogP contribution in [0.5, 0.6) is 0 Å². The van der Waals surface area contributed by atoms with Gasteiger partial charge in [0.15, 0.2) is 4.75 Å². The SMILES string of the molecule is Cc1ccc(C(N)=O)cc1NC(=O)C1(C)Sc2ccccc2NC1=O. The molecule has 1 unspecified atom stereocenters. The first-order valence-corrected chi connectivity index (χ1v) is 8.44. The van der Waals surface area contributed by atoms with Gasteiger partial charge in [-0.3, -0.25) is 14.4 Å². The number of hydrogen-bond acceptors (Lipinski definition) is 4. The number of anilines is 2. The Labute approximate surface area is 149 Å². The molecule has 2 aromatic rings. The fourth-order valence-electron chi connectivity index (χ4n) is 2.47. The summed E-state index contributed by atoms with van der Waals surface area (Å²) in [6, 6.07) is 12.1. The summed E-state index contributed by atoms with van der Waals surface area (Å²) < 4.78 is -1.33. The number of nitrogens with two attached hydrogens (primary N) is 1. The van der Waals surface area contributed by atoms with Crippen LogP contribution in [0.3, 0.4) is 0 Å². The van der Waals surface area contributed by atoms with E-state index in [9.17, 15) is 14.4 Å². The summed E-state index contributed by atoms with van der Waals surface area (Å²) in [6.45, 7) is 3.37. The average Bonchev–Trinajstić information content (AvgIpc) is 2.57. The minimum atomic E-state index is -1.33. The minimum Gasteiger partial charge on any atom is -0.366 e. The Kier molecular flexibility index (Phi) is 4.26. The van der Waals surface area contributed by atoms with E-state index >= 15 is 0 Å². The summed E-state index contributed by atoms with van der Waals surface area (Å²) in [5, 5.41) is 5.52. The molecule has 25 heavy (non-hydrogen) atoms. The van der Waals surface area contributed by atoms with E-state index in [-0.39, 0.29) is 5.56 Å². The molecule has 6 nitrogen and oxygen atoms in total. The first-order valence-electron chi connectivity index (χ1n) is 7.62. The van der Waals surface area contributed by atoms with E-state index < -0.39 is 22.5 Å². The van der Waals surface area contributed by atoms with Gasteiger partial charge >= 0.3 is 0 Å². The molecule has 7 heteroatoms. The summed E-state index contributed by atoms with van der Waals surface area (Å²) in [5.74, 6) is -1.44. The highest BCUT2D eigenvalue weighted by atomic mass is 32.2. The molecule has 0 aliphatic carbocycles. The van der Waals surface area contributed by atoms with Crippen LogP contribution in [0, 0.1) is 6.92 Å². The molecule has 1 aliphatic rings. The zero-order valence-electron chi connectivity index (χ0n) is 13.8. The van der Waals surface area contributed by atoms with Gasteiger partial charge in [0, 0.05) is 16.1 Å². The van der Waals surface area contributed by atoms with Gasteiger partial charge in [0.25, 0.3) is 0 Å². The number of hydrogen-bond donors (Lipinski definition) is 3. The normalized spacial score (nSPS) is 18.9. The monoisotopic (exact) mass is 355 g/mol. The lowest BCUT2D eigenvalue weighted by Crippen LogP contribution is -2.49. The van der Waals surface area contributed by atoms with Crippen LogP contribution < -0.4 is 16.4 Å². The number of fused-ring (bicyclic) bond motifs is 1. The molecule has 1 atom stereocenters. The maximum Gasteiger partial charge on any atom is 0.250 e. The molecule has 0 bridgehead atoms. The van der Waals surface area contributed by atoms with Gasteiger partial charge in [-0.05, 0) is 43.7 Å². The van der Waals surface area contributed by atoms with Crippen LogP contribution in [-0.4, -0.2) is 22.5 Å². The van der Waals surface area contributed by atoms with Gasteiger partial charge in [0.2, 0.25) is 17.7 Å². The number of primary amides is 1. The summed E-state index contributed by atoms with van der Waals surface area (Å²) in [5.41, 5.74) is 7.49. The van der Waals surface area contributed by atoms with Gasteiger partial charge in [-0.1, -0.05) is 30.0 Å². The largest absolute Gasteiger partial charge is 0.366 e. The van der Waals surface area contributed by atoms with Gasteiger partial charge in [0.1, 0.15) is 0 Å². The van der Waals surface area contributed by atoms with Crippen LogP contribution in [0.2, 0.25) is 0 Å². The first kappa shape index (κ1) is 17.0. The van der Waals surface area contributed by atoms with E-state index in [1.165, 1.54) is 17.8 Å². The van der Waals surface area contributed by atoms with E-state index in [1.807, 2.05) is 18.2 Å². The molecule has 2 aromatic carbocycles. The molecule has 0 fully saturated rings. The predicted molar refractivity (Wildman–Crippen MR) is 97.7 cm³/mol. The summed E-state index contributed by atoms with van der Waals surface area (Å²) >= 11 is 1.20. The van der Waals surface area contributed by atoms with Crippen LogP contribution in [0.1, 0.15) is 22.8 Å². The van der Waals surface area contributed by atoms with Crippen molar-refractivity contribution in [2.75, 3.05) is 10.6 Å². The van der Waals surface area contributed by atoms with Gasteiger partial charge in [0.05, 0.1) is 5.69 Å². The Morgan fingerprint density at radius 2 is 1.92 bits per heavy atom. The Morgan fingerprint density at radius 3 is 2.64 bits per heavy atom. The van der Waals surface area contributed by atoms with Crippen molar-refractivity contribution in [1.82, 2.24) is 0 Å². The number of carbonyl (C=O) groups excluding carboxylic acids is 3. The molecule has 1 aliphatic heterocycles. The first-order chi connectivity index (χ1) is 11.8. The molecule has 3 rings (SSSR count). The number of carbonyl (C=O) groups is 3. The molecule has 4 N–H and O–H groups in total. The van der Waals surface area contributed by atoms with Crippen molar-refractivity contribution in [2.45, 2.75) is 23.5 Å². The Balaban J connectivity index is 1.90. The third-order valence-electron chi connectivity index (χ3n) is 4.09. The third-order valence-corrected chi connectivity index (χ3v) is 5.44. The second kappa shape index (κ2) is 6.25. The van der Waals surface area contributed by atoms with E-state index in [2.05, 4.69) is 10.6 Å². The number of nitrogens with one attached hydrogen (secondary N) is 2. The summed E-state index contributed by atoms with van der Waals surface area (Å²) in [6.07, 6.45) is 0. The summed E-state index contributed by atoms with van der Waals surface area (Å²) in [4.78, 5) is 37.5. The number of para-hydroxylation sites is 1. The van der Waals surface area contributed by atoms with Crippen molar-refractivity contribution in [3.05, 3.63) is 53.6 Å². The molecule has 128 valence electrons. The quantitative estimate of drug-likeness (QED) is 0.736. The van der Waals surface area contributed by atoms with E-state index in [4.69, 9.17) is 5.73 Å². The van der Waals surface area contributed by atoms with Crippen LogP contribution in [-0.2, 0) is 9.59 Å². The third kappa shape index (κ3) is 3.10. The minimum absolute atomic E-state index is 0.289. The molecular formula is C18H17N3O3S. The zero-order chi connectivity index (χ0) is 18.2. The van der Waals surface area contributed by atoms with Gasteiger partial charge in [-0.15, -0.1) is 0 Å². The molecule has 0 spiro atoms. The predicted octanol–water partition coefficient (Wildman–Crippen LogP) is 2.54. The second-order valence-electron chi connectivity index (χ2n) is 5.93. The van der Waals surface area contributed by atoms with Crippen molar-refractivity contribution in [3.8, 4) is 0 Å². The maximum atomic E-state index is 12.8. The number of rotatable bonds is 3. The molecule has 0 saturated carbocycles. The van der Waals surface area contributed by atoms with Crippen molar-refractivity contribution < 1.29 is 14.4 Å². The second-order valence-corrected chi connectivity index (χ2v) is 7.39. The van der Waals surface area contributed by atoms with E-state index in [0.29, 0.717) is 11.4 Å². The van der Waals surface area contributed by atoms with Gasteiger partial charge in [-0.2, -0.15) is 0 Å². The number of amides is 3. The molecule has 3 amide bonds. The highest BCUT2D eigenvalue weighted by Gasteiger charge is 2.45. The number of benzene rings is 2. The van der Waals surface area contributed by atoms with E-state index in [1.54, 1.807) is 32.0 Å². The Morgan fingerprint density at radius 1 is 1.20 bits per heavy atom. The van der Waals surface area contributed by atoms with Crippen LogP contribution in [0.25, 0.3) is 0 Å². The molecule has 0 aromatic heterocycles. The Bertz CT molecular complexity index is 897. The number of thioether (sulfide) groups is 1. The fourth-order valence-corrected chi connectivity index (χ4v) is 3.57.